The van der Waals surface area contributed by atoms with Gasteiger partial charge >= 0.3 is 7.75 Å². The van der Waals surface area contributed by atoms with Gasteiger partial charge in [-0.15, -0.1) is 0 Å². The van der Waals surface area contributed by atoms with E-state index < -0.39 is 7.75 Å². The van der Waals surface area contributed by atoms with E-state index in [9.17, 15) is 4.57 Å². The maximum absolute atomic E-state index is 10.4. The molecule has 0 saturated carbocycles. The van der Waals surface area contributed by atoms with Crippen LogP contribution in [0.3, 0.4) is 0 Å². The quantitative estimate of drug-likeness (QED) is 0.430. The fraction of sp³-hybridized carbons (Fsp3) is 0.667. The molecule has 0 radical (unpaired) electrons. The van der Waals surface area contributed by atoms with E-state index in [0.29, 0.717) is 0 Å². The van der Waals surface area contributed by atoms with E-state index >= 15 is 0 Å². The van der Waals surface area contributed by atoms with E-state index in [4.69, 9.17) is 4.89 Å². The molecular weight excluding hydrogens is 129 g/mol. The third-order valence-electron chi connectivity index (χ3n) is 0.549. The Balaban J connectivity index is 3.55. The Bertz CT molecular complexity index is 105. The predicted molar refractivity (Wildman–Crippen MR) is 30.2 cm³/mol. The van der Waals surface area contributed by atoms with Crippen molar-refractivity contribution < 1.29 is 14.0 Å². The number of nitrogens with one attached hydrogen (secondary N) is 1. The average Bonchev–Trinajstić information content (AvgIpc) is 1.67. The van der Waals surface area contributed by atoms with Gasteiger partial charge in [0.1, 0.15) is 0 Å². The van der Waals surface area contributed by atoms with Gasteiger partial charge in [-0.1, -0.05) is 0 Å². The maximum atomic E-state index is 10.4. The highest BCUT2D eigenvalue weighted by atomic mass is 31.2. The molecule has 0 spiro atoms. The molecule has 0 amide bonds. The van der Waals surface area contributed by atoms with Gasteiger partial charge in [0.05, 0.1) is 6.92 Å². The zero-order valence-electron chi connectivity index (χ0n) is 4.63. The van der Waals surface area contributed by atoms with Crippen molar-refractivity contribution in [3.63, 3.8) is 0 Å². The van der Waals surface area contributed by atoms with E-state index in [-0.39, 0.29) is 6.61 Å². The maximum Gasteiger partial charge on any atom is 0.406 e. The SMILES string of the molecule is [CH2+]COP(=O)(O)NC. The molecule has 0 bridgehead atoms. The molecule has 0 aliphatic heterocycles. The van der Waals surface area contributed by atoms with E-state index in [2.05, 4.69) is 16.5 Å². The zero-order chi connectivity index (χ0) is 6.62. The molecule has 5 heteroatoms. The summed E-state index contributed by atoms with van der Waals surface area (Å²) in [7, 11) is -2.14. The van der Waals surface area contributed by atoms with Crippen LogP contribution >= 0.6 is 7.75 Å². The van der Waals surface area contributed by atoms with Crippen LogP contribution in [0.1, 0.15) is 0 Å². The van der Waals surface area contributed by atoms with Crippen LogP contribution in [0.25, 0.3) is 0 Å². The number of hydrogen-bond donors (Lipinski definition) is 2. The van der Waals surface area contributed by atoms with Crippen molar-refractivity contribution in [1.82, 2.24) is 5.09 Å². The molecule has 0 saturated heterocycles. The third-order valence-corrected chi connectivity index (χ3v) is 1.65. The summed E-state index contributed by atoms with van der Waals surface area (Å²) >= 11 is 0. The lowest BCUT2D eigenvalue weighted by Crippen LogP contribution is -2.04. The minimum absolute atomic E-state index is 0.00534. The molecule has 0 aromatic carbocycles. The van der Waals surface area contributed by atoms with Gasteiger partial charge in [-0.2, -0.15) is 0 Å². The van der Waals surface area contributed by atoms with E-state index in [1.54, 1.807) is 0 Å². The van der Waals surface area contributed by atoms with Gasteiger partial charge in [-0.3, -0.25) is 4.52 Å². The molecule has 0 rings (SSSR count). The molecule has 1 atom stereocenters. The summed E-state index contributed by atoms with van der Waals surface area (Å²) < 4.78 is 14.6. The first-order chi connectivity index (χ1) is 3.62. The molecule has 0 aromatic heterocycles. The third kappa shape index (κ3) is 3.04. The Morgan fingerprint density at radius 1 is 2.00 bits per heavy atom. The molecule has 1 unspecified atom stereocenters. The smallest absolute Gasteiger partial charge is 0.312 e. The molecule has 0 fully saturated rings. The fourth-order valence-corrected chi connectivity index (χ4v) is 0.565. The van der Waals surface area contributed by atoms with Gasteiger partial charge in [0.25, 0.3) is 0 Å². The first-order valence-electron chi connectivity index (χ1n) is 2.08. The summed E-state index contributed by atoms with van der Waals surface area (Å²) in [5.41, 5.74) is 0. The van der Waals surface area contributed by atoms with Crippen LogP contribution in [0, 0.1) is 6.92 Å². The second kappa shape index (κ2) is 3.10. The van der Waals surface area contributed by atoms with Crippen molar-refractivity contribution in [1.29, 1.82) is 0 Å². The Hall–Kier alpha value is -0.0200. The molecule has 48 valence electrons. The van der Waals surface area contributed by atoms with E-state index in [0.717, 1.165) is 0 Å². The number of rotatable bonds is 3. The van der Waals surface area contributed by atoms with Crippen LogP contribution in [0.2, 0.25) is 0 Å². The summed E-state index contributed by atoms with van der Waals surface area (Å²) in [5, 5.41) is 2.09. The van der Waals surface area contributed by atoms with Gasteiger partial charge < -0.3 is 4.89 Å². The lowest BCUT2D eigenvalue weighted by Gasteiger charge is -2.03. The van der Waals surface area contributed by atoms with Crippen molar-refractivity contribution in [3.05, 3.63) is 6.92 Å². The highest BCUT2D eigenvalue weighted by Crippen LogP contribution is 2.34. The van der Waals surface area contributed by atoms with Gasteiger partial charge in [0, 0.05) is 0 Å². The van der Waals surface area contributed by atoms with Crippen molar-refractivity contribution >= 4 is 7.75 Å². The lowest BCUT2D eigenvalue weighted by molar-refractivity contribution is 0.278. The van der Waals surface area contributed by atoms with E-state index in [1.165, 1.54) is 7.05 Å². The van der Waals surface area contributed by atoms with Crippen LogP contribution in [-0.2, 0) is 9.09 Å². The zero-order valence-corrected chi connectivity index (χ0v) is 5.52. The first kappa shape index (κ1) is 7.98. The van der Waals surface area contributed by atoms with Gasteiger partial charge in [0.2, 0.25) is 0 Å². The molecule has 8 heavy (non-hydrogen) atoms. The minimum Gasteiger partial charge on any atom is -0.312 e. The summed E-state index contributed by atoms with van der Waals surface area (Å²) in [6, 6.07) is 0. The second-order valence-electron chi connectivity index (χ2n) is 1.08. The van der Waals surface area contributed by atoms with Crippen molar-refractivity contribution in [2.75, 3.05) is 13.7 Å². The standard InChI is InChI=1S/C3H8NO3P/c1-3-7-8(5,6)4-2/h1,3H2,2H3,(H-,4,5,6)/p+1. The Morgan fingerprint density at radius 2 is 2.50 bits per heavy atom. The van der Waals surface area contributed by atoms with Crippen LogP contribution in [0.4, 0.5) is 0 Å². The predicted octanol–water partition coefficient (Wildman–Crippen LogP) is 0.157. The second-order valence-corrected chi connectivity index (χ2v) is 2.82. The van der Waals surface area contributed by atoms with Crippen molar-refractivity contribution in [2.45, 2.75) is 0 Å². The fourth-order valence-electron chi connectivity index (χ4n) is 0.188. The van der Waals surface area contributed by atoms with Crippen molar-refractivity contribution in [3.8, 4) is 0 Å². The first-order valence-corrected chi connectivity index (χ1v) is 3.65. The summed E-state index contributed by atoms with van der Waals surface area (Å²) in [5.74, 6) is 0. The van der Waals surface area contributed by atoms with Crippen LogP contribution < -0.4 is 5.09 Å². The molecule has 2 N–H and O–H groups in total. The molecule has 0 aliphatic carbocycles. The average molecular weight is 138 g/mol. The van der Waals surface area contributed by atoms with Crippen LogP contribution in [-0.4, -0.2) is 18.5 Å². The normalized spacial score (nSPS) is 17.8. The molecular formula is C3H9NO3P+. The molecule has 4 nitrogen and oxygen atoms in total. The van der Waals surface area contributed by atoms with Gasteiger partial charge in [-0.25, -0.2) is 9.65 Å². The topological polar surface area (TPSA) is 58.6 Å². The van der Waals surface area contributed by atoms with Crippen molar-refractivity contribution in [2.24, 2.45) is 0 Å². The minimum atomic E-state index is -3.49. The van der Waals surface area contributed by atoms with Crippen LogP contribution in [0.5, 0.6) is 0 Å². The summed E-state index contributed by atoms with van der Waals surface area (Å²) in [4.78, 5) is 8.51. The Kier molecular flexibility index (Phi) is 3.09. The van der Waals surface area contributed by atoms with Gasteiger partial charge in [0.15, 0.2) is 6.61 Å². The Morgan fingerprint density at radius 3 is 2.62 bits per heavy atom. The van der Waals surface area contributed by atoms with Crippen LogP contribution in [0.15, 0.2) is 0 Å². The molecule has 0 heterocycles. The Labute approximate surface area is 48.4 Å². The molecule has 0 aromatic rings. The number of hydrogen-bond acceptors (Lipinski definition) is 2. The summed E-state index contributed by atoms with van der Waals surface area (Å²) in [6.07, 6.45) is 0. The monoisotopic (exact) mass is 138 g/mol. The highest BCUT2D eigenvalue weighted by Gasteiger charge is 2.14. The summed E-state index contributed by atoms with van der Waals surface area (Å²) in [6.45, 7) is 3.22. The van der Waals surface area contributed by atoms with Gasteiger partial charge in [-0.05, 0) is 7.05 Å². The molecule has 0 aliphatic rings. The highest BCUT2D eigenvalue weighted by molar-refractivity contribution is 7.50. The van der Waals surface area contributed by atoms with E-state index in [1.807, 2.05) is 0 Å². The largest absolute Gasteiger partial charge is 0.406 e. The lowest BCUT2D eigenvalue weighted by atomic mass is 10.9.